The largest absolute Gasteiger partial charge is 0.389 e. The molecule has 0 saturated heterocycles. The molecule has 0 radical (unpaired) electrons. The third-order valence-electron chi connectivity index (χ3n) is 2.10. The van der Waals surface area contributed by atoms with Crippen LogP contribution in [0.15, 0.2) is 0 Å². The van der Waals surface area contributed by atoms with Crippen molar-refractivity contribution in [3.8, 4) is 0 Å². The normalized spacial score (nSPS) is 17.8. The van der Waals surface area contributed by atoms with E-state index >= 15 is 0 Å². The van der Waals surface area contributed by atoms with Crippen LogP contribution >= 0.6 is 11.3 Å². The van der Waals surface area contributed by atoms with Crippen LogP contribution in [0.25, 0.3) is 0 Å². The molecule has 1 aromatic rings. The minimum Gasteiger partial charge on any atom is -0.389 e. The van der Waals surface area contributed by atoms with E-state index in [4.69, 9.17) is 5.11 Å². The molecule has 4 heteroatoms. The summed E-state index contributed by atoms with van der Waals surface area (Å²) in [5, 5.41) is 9.74. The number of likely N-dealkylation sites (N-methyl/N-ethyl adjacent to an activating group) is 1. The first-order chi connectivity index (χ1) is 5.79. The maximum Gasteiger partial charge on any atom is 0.119 e. The smallest absolute Gasteiger partial charge is 0.119 e. The molecule has 0 atom stereocenters. The lowest BCUT2D eigenvalue weighted by Gasteiger charge is -2.20. The third-order valence-corrected chi connectivity index (χ3v) is 3.17. The molecule has 1 N–H and O–H groups in total. The predicted octanol–water partition coefficient (Wildman–Crippen LogP) is 0.623. The summed E-state index contributed by atoms with van der Waals surface area (Å²) in [5.74, 6) is 0. The maximum absolute atomic E-state index is 8.89. The number of rotatable bonds is 1. The molecule has 0 aliphatic carbocycles. The number of thiazole rings is 1. The topological polar surface area (TPSA) is 36.4 Å². The number of aliphatic hydroxyl groups excluding tert-OH is 1. The van der Waals surface area contributed by atoms with Crippen LogP contribution in [-0.2, 0) is 19.6 Å². The molecule has 1 aromatic heterocycles. The Bertz CT molecular complexity index is 285. The van der Waals surface area contributed by atoms with Crippen molar-refractivity contribution in [2.24, 2.45) is 0 Å². The molecule has 0 spiro atoms. The summed E-state index contributed by atoms with van der Waals surface area (Å²) >= 11 is 1.64. The summed E-state index contributed by atoms with van der Waals surface area (Å²) in [6, 6.07) is 0. The lowest BCUT2D eigenvalue weighted by atomic mass is 10.2. The highest BCUT2D eigenvalue weighted by molar-refractivity contribution is 7.11. The standard InChI is InChI=1S/C8H12N2OS/c1-10-3-2-6-7(4-10)12-8(5-11)9-6/h11H,2-5H2,1H3. The summed E-state index contributed by atoms with van der Waals surface area (Å²) in [4.78, 5) is 7.95. The Balaban J connectivity index is 2.28. The van der Waals surface area contributed by atoms with E-state index in [0.717, 1.165) is 24.5 Å². The van der Waals surface area contributed by atoms with Crippen molar-refractivity contribution in [2.45, 2.75) is 19.6 Å². The Kier molecular flexibility index (Phi) is 2.12. The number of hydrogen-bond acceptors (Lipinski definition) is 4. The minimum absolute atomic E-state index is 0.0847. The number of aromatic nitrogens is 1. The van der Waals surface area contributed by atoms with Gasteiger partial charge >= 0.3 is 0 Å². The molecule has 1 aliphatic rings. The average molecular weight is 184 g/mol. The average Bonchev–Trinajstić information content (AvgIpc) is 2.46. The van der Waals surface area contributed by atoms with Gasteiger partial charge in [-0.1, -0.05) is 0 Å². The van der Waals surface area contributed by atoms with Gasteiger partial charge in [0.25, 0.3) is 0 Å². The van der Waals surface area contributed by atoms with Crippen LogP contribution in [0.2, 0.25) is 0 Å². The van der Waals surface area contributed by atoms with E-state index in [0.29, 0.717) is 0 Å². The molecule has 1 aliphatic heterocycles. The van der Waals surface area contributed by atoms with Crippen LogP contribution in [0.4, 0.5) is 0 Å². The minimum atomic E-state index is 0.0847. The second-order valence-electron chi connectivity index (χ2n) is 3.12. The third kappa shape index (κ3) is 1.37. The fourth-order valence-corrected chi connectivity index (χ4v) is 2.50. The number of aliphatic hydroxyl groups is 1. The molecule has 0 amide bonds. The number of hydrogen-bond donors (Lipinski definition) is 1. The second kappa shape index (κ2) is 3.12. The molecular formula is C8H12N2OS. The van der Waals surface area contributed by atoms with E-state index in [2.05, 4.69) is 16.9 Å². The first-order valence-corrected chi connectivity index (χ1v) is 4.88. The quantitative estimate of drug-likeness (QED) is 0.695. The summed E-state index contributed by atoms with van der Waals surface area (Å²) < 4.78 is 0. The Labute approximate surface area is 75.7 Å². The molecule has 0 aromatic carbocycles. The number of fused-ring (bicyclic) bond motifs is 1. The molecule has 2 rings (SSSR count). The molecule has 0 fully saturated rings. The zero-order chi connectivity index (χ0) is 8.55. The fourth-order valence-electron chi connectivity index (χ4n) is 1.44. The van der Waals surface area contributed by atoms with Gasteiger partial charge in [-0.05, 0) is 7.05 Å². The van der Waals surface area contributed by atoms with E-state index in [1.807, 2.05) is 0 Å². The van der Waals surface area contributed by atoms with Crippen molar-refractivity contribution in [1.29, 1.82) is 0 Å². The van der Waals surface area contributed by atoms with Gasteiger partial charge in [0.2, 0.25) is 0 Å². The molecule has 2 heterocycles. The molecular weight excluding hydrogens is 172 g/mol. The number of nitrogens with zero attached hydrogens (tertiary/aromatic N) is 2. The van der Waals surface area contributed by atoms with Crippen LogP contribution in [0.1, 0.15) is 15.6 Å². The Morgan fingerprint density at radius 3 is 3.25 bits per heavy atom. The van der Waals surface area contributed by atoms with Gasteiger partial charge in [0.05, 0.1) is 12.3 Å². The zero-order valence-electron chi connectivity index (χ0n) is 7.08. The molecule has 12 heavy (non-hydrogen) atoms. The van der Waals surface area contributed by atoms with Crippen LogP contribution in [0.5, 0.6) is 0 Å². The monoisotopic (exact) mass is 184 g/mol. The fraction of sp³-hybridized carbons (Fsp3) is 0.625. The summed E-state index contributed by atoms with van der Waals surface area (Å²) in [5.41, 5.74) is 1.20. The van der Waals surface area contributed by atoms with Crippen LogP contribution in [0, 0.1) is 0 Å². The first-order valence-electron chi connectivity index (χ1n) is 4.06. The van der Waals surface area contributed by atoms with Crippen molar-refractivity contribution in [2.75, 3.05) is 13.6 Å². The lowest BCUT2D eigenvalue weighted by Crippen LogP contribution is -2.25. The van der Waals surface area contributed by atoms with Gasteiger partial charge in [-0.25, -0.2) is 4.98 Å². The highest BCUT2D eigenvalue weighted by Crippen LogP contribution is 2.24. The lowest BCUT2D eigenvalue weighted by molar-refractivity contribution is 0.280. The summed E-state index contributed by atoms with van der Waals surface area (Å²) in [6.45, 7) is 2.16. The summed E-state index contributed by atoms with van der Waals surface area (Å²) in [6.07, 6.45) is 1.03. The summed E-state index contributed by atoms with van der Waals surface area (Å²) in [7, 11) is 2.11. The Hall–Kier alpha value is -0.450. The molecule has 0 bridgehead atoms. The van der Waals surface area contributed by atoms with E-state index in [1.54, 1.807) is 11.3 Å². The van der Waals surface area contributed by atoms with E-state index in [9.17, 15) is 0 Å². The van der Waals surface area contributed by atoms with Gasteiger partial charge in [0.1, 0.15) is 5.01 Å². The first kappa shape index (κ1) is 8.16. The van der Waals surface area contributed by atoms with Crippen molar-refractivity contribution in [3.63, 3.8) is 0 Å². The van der Waals surface area contributed by atoms with Crippen molar-refractivity contribution < 1.29 is 5.11 Å². The predicted molar refractivity (Wildman–Crippen MR) is 48.1 cm³/mol. The van der Waals surface area contributed by atoms with Gasteiger partial charge in [-0.2, -0.15) is 0 Å². The zero-order valence-corrected chi connectivity index (χ0v) is 7.89. The SMILES string of the molecule is CN1CCc2nc(CO)sc2C1. The van der Waals surface area contributed by atoms with E-state index in [-0.39, 0.29) is 6.61 Å². The van der Waals surface area contributed by atoms with E-state index in [1.165, 1.54) is 10.6 Å². The van der Waals surface area contributed by atoms with Crippen molar-refractivity contribution in [3.05, 3.63) is 15.6 Å². The van der Waals surface area contributed by atoms with Crippen LogP contribution in [-0.4, -0.2) is 28.6 Å². The van der Waals surface area contributed by atoms with Crippen LogP contribution in [0.3, 0.4) is 0 Å². The van der Waals surface area contributed by atoms with Gasteiger partial charge in [-0.15, -0.1) is 11.3 Å². The van der Waals surface area contributed by atoms with E-state index < -0.39 is 0 Å². The second-order valence-corrected chi connectivity index (χ2v) is 4.29. The van der Waals surface area contributed by atoms with Crippen molar-refractivity contribution in [1.82, 2.24) is 9.88 Å². The highest BCUT2D eigenvalue weighted by Gasteiger charge is 2.17. The van der Waals surface area contributed by atoms with Gasteiger partial charge in [0, 0.05) is 24.4 Å². The Morgan fingerprint density at radius 2 is 2.50 bits per heavy atom. The van der Waals surface area contributed by atoms with Gasteiger partial charge in [-0.3, -0.25) is 0 Å². The highest BCUT2D eigenvalue weighted by atomic mass is 32.1. The molecule has 3 nitrogen and oxygen atoms in total. The molecule has 0 unspecified atom stereocenters. The van der Waals surface area contributed by atoms with Crippen molar-refractivity contribution >= 4 is 11.3 Å². The van der Waals surface area contributed by atoms with Gasteiger partial charge < -0.3 is 10.0 Å². The maximum atomic E-state index is 8.89. The Morgan fingerprint density at radius 1 is 1.67 bits per heavy atom. The van der Waals surface area contributed by atoms with Crippen LogP contribution < -0.4 is 0 Å². The van der Waals surface area contributed by atoms with Gasteiger partial charge in [0.15, 0.2) is 0 Å². The molecule has 0 saturated carbocycles. The molecule has 66 valence electrons.